The molecule has 1 unspecified atom stereocenters. The summed E-state index contributed by atoms with van der Waals surface area (Å²) >= 11 is 0. The zero-order valence-corrected chi connectivity index (χ0v) is 12.5. The predicted octanol–water partition coefficient (Wildman–Crippen LogP) is 3.13. The summed E-state index contributed by atoms with van der Waals surface area (Å²) in [7, 11) is 0. The molecule has 19 heavy (non-hydrogen) atoms. The van der Waals surface area contributed by atoms with E-state index in [1.165, 1.54) is 27.9 Å². The Balaban J connectivity index is 2.22. The molecule has 0 saturated heterocycles. The molecule has 0 spiro atoms. The van der Waals surface area contributed by atoms with Gasteiger partial charge in [-0.1, -0.05) is 18.2 Å². The minimum atomic E-state index is -0.0169. The molecule has 3 nitrogen and oxygen atoms in total. The molecule has 2 aromatic rings. The second-order valence-corrected chi connectivity index (χ2v) is 5.43. The maximum absolute atomic E-state index is 6.31. The number of hydrogen-bond acceptors (Lipinski definition) is 2. The molecule has 0 bridgehead atoms. The van der Waals surface area contributed by atoms with E-state index in [1.54, 1.807) is 0 Å². The van der Waals surface area contributed by atoms with Crippen molar-refractivity contribution >= 4 is 0 Å². The van der Waals surface area contributed by atoms with Crippen LogP contribution in [-0.4, -0.2) is 9.78 Å². The third-order valence-electron chi connectivity index (χ3n) is 4.07. The van der Waals surface area contributed by atoms with Crippen LogP contribution in [0, 0.1) is 34.6 Å². The molecule has 2 N–H and O–H groups in total. The Hall–Kier alpha value is -1.61. The lowest BCUT2D eigenvalue weighted by Crippen LogP contribution is -2.19. The molecule has 0 saturated carbocycles. The highest BCUT2D eigenvalue weighted by Gasteiger charge is 2.12. The zero-order chi connectivity index (χ0) is 14.2. The Bertz CT molecular complexity index is 596. The molecule has 0 aliphatic rings. The van der Waals surface area contributed by atoms with Crippen molar-refractivity contribution in [2.45, 2.75) is 47.2 Å². The monoisotopic (exact) mass is 257 g/mol. The molecule has 3 heteroatoms. The van der Waals surface area contributed by atoms with Crippen molar-refractivity contribution in [2.24, 2.45) is 5.73 Å². The van der Waals surface area contributed by atoms with Gasteiger partial charge in [-0.25, -0.2) is 0 Å². The van der Waals surface area contributed by atoms with Gasteiger partial charge in [-0.2, -0.15) is 5.10 Å². The van der Waals surface area contributed by atoms with E-state index in [9.17, 15) is 0 Å². The number of benzene rings is 1. The van der Waals surface area contributed by atoms with Crippen LogP contribution in [0.5, 0.6) is 0 Å². The molecule has 0 aliphatic heterocycles. The van der Waals surface area contributed by atoms with Crippen LogP contribution in [0.15, 0.2) is 18.2 Å². The molecule has 1 heterocycles. The van der Waals surface area contributed by atoms with Crippen molar-refractivity contribution in [1.82, 2.24) is 9.78 Å². The van der Waals surface area contributed by atoms with Gasteiger partial charge in [-0.3, -0.25) is 4.68 Å². The van der Waals surface area contributed by atoms with E-state index in [2.05, 4.69) is 51.0 Å². The van der Waals surface area contributed by atoms with E-state index in [1.807, 2.05) is 11.6 Å². The number of aryl methyl sites for hydroxylation is 3. The quantitative estimate of drug-likeness (QED) is 0.918. The smallest absolute Gasteiger partial charge is 0.0625 e. The summed E-state index contributed by atoms with van der Waals surface area (Å²) < 4.78 is 2.02. The minimum absolute atomic E-state index is 0.0169. The Morgan fingerprint density at radius 2 is 1.79 bits per heavy atom. The van der Waals surface area contributed by atoms with Gasteiger partial charge in [0.1, 0.15) is 0 Å². The number of aromatic nitrogens is 2. The molecule has 0 radical (unpaired) electrons. The fourth-order valence-electron chi connectivity index (χ4n) is 2.25. The average Bonchev–Trinajstić information content (AvgIpc) is 2.60. The molecule has 1 aromatic carbocycles. The van der Waals surface area contributed by atoms with Gasteiger partial charge in [0, 0.05) is 11.7 Å². The zero-order valence-electron chi connectivity index (χ0n) is 12.5. The standard InChI is InChI=1S/C16H23N3/c1-10-6-7-15(8-11(10)2)16(17)9-19-14(5)12(3)13(4)18-19/h6-8,16H,9,17H2,1-5H3. The molecule has 0 fully saturated rings. The topological polar surface area (TPSA) is 43.8 Å². The molecular weight excluding hydrogens is 234 g/mol. The maximum Gasteiger partial charge on any atom is 0.0625 e. The fraction of sp³-hybridized carbons (Fsp3) is 0.438. The fourth-order valence-corrected chi connectivity index (χ4v) is 2.25. The minimum Gasteiger partial charge on any atom is -0.322 e. The number of hydrogen-bond donors (Lipinski definition) is 1. The Kier molecular flexibility index (Phi) is 3.76. The third kappa shape index (κ3) is 2.71. The second-order valence-electron chi connectivity index (χ2n) is 5.43. The van der Waals surface area contributed by atoms with Crippen molar-refractivity contribution < 1.29 is 0 Å². The normalized spacial score (nSPS) is 12.7. The van der Waals surface area contributed by atoms with E-state index >= 15 is 0 Å². The van der Waals surface area contributed by atoms with Gasteiger partial charge in [0.2, 0.25) is 0 Å². The van der Waals surface area contributed by atoms with E-state index in [4.69, 9.17) is 5.73 Å². The molecule has 2 rings (SSSR count). The Labute approximate surface area is 115 Å². The first-order chi connectivity index (χ1) is 8.90. The molecule has 0 aliphatic carbocycles. The van der Waals surface area contributed by atoms with Gasteiger partial charge in [0.05, 0.1) is 12.2 Å². The summed E-state index contributed by atoms with van der Waals surface area (Å²) in [5.41, 5.74) is 13.6. The van der Waals surface area contributed by atoms with Crippen molar-refractivity contribution in [3.63, 3.8) is 0 Å². The van der Waals surface area contributed by atoms with Crippen molar-refractivity contribution in [3.05, 3.63) is 51.8 Å². The SMILES string of the molecule is Cc1ccc(C(N)Cn2nc(C)c(C)c2C)cc1C. The van der Waals surface area contributed by atoms with Crippen molar-refractivity contribution in [3.8, 4) is 0 Å². The molecular formula is C16H23N3. The molecule has 1 atom stereocenters. The summed E-state index contributed by atoms with van der Waals surface area (Å²) in [6, 6.07) is 6.41. The lowest BCUT2D eigenvalue weighted by molar-refractivity contribution is 0.514. The van der Waals surface area contributed by atoms with E-state index in [-0.39, 0.29) is 6.04 Å². The van der Waals surface area contributed by atoms with Gasteiger partial charge in [0.25, 0.3) is 0 Å². The number of rotatable bonds is 3. The van der Waals surface area contributed by atoms with Gasteiger partial charge in [-0.05, 0) is 56.9 Å². The van der Waals surface area contributed by atoms with Crippen LogP contribution < -0.4 is 5.73 Å². The van der Waals surface area contributed by atoms with Crippen LogP contribution in [-0.2, 0) is 6.54 Å². The van der Waals surface area contributed by atoms with Gasteiger partial charge >= 0.3 is 0 Å². The van der Waals surface area contributed by atoms with Crippen LogP contribution >= 0.6 is 0 Å². The summed E-state index contributed by atoms with van der Waals surface area (Å²) in [6.07, 6.45) is 0. The van der Waals surface area contributed by atoms with Crippen LogP contribution in [0.1, 0.15) is 39.7 Å². The summed E-state index contributed by atoms with van der Waals surface area (Å²) in [5.74, 6) is 0. The number of nitrogens with zero attached hydrogens (tertiary/aromatic N) is 2. The highest BCUT2D eigenvalue weighted by molar-refractivity contribution is 5.31. The molecule has 1 aromatic heterocycles. The maximum atomic E-state index is 6.31. The first kappa shape index (κ1) is 13.8. The van der Waals surface area contributed by atoms with Crippen LogP contribution in [0.25, 0.3) is 0 Å². The van der Waals surface area contributed by atoms with Gasteiger partial charge in [-0.15, -0.1) is 0 Å². The van der Waals surface area contributed by atoms with Crippen molar-refractivity contribution in [2.75, 3.05) is 0 Å². The number of nitrogens with two attached hydrogens (primary N) is 1. The van der Waals surface area contributed by atoms with Crippen molar-refractivity contribution in [1.29, 1.82) is 0 Å². The highest BCUT2D eigenvalue weighted by atomic mass is 15.3. The average molecular weight is 257 g/mol. The van der Waals surface area contributed by atoms with Gasteiger partial charge in [0.15, 0.2) is 0 Å². The van der Waals surface area contributed by atoms with Crippen LogP contribution in [0.2, 0.25) is 0 Å². The predicted molar refractivity (Wildman–Crippen MR) is 79.3 cm³/mol. The lowest BCUT2D eigenvalue weighted by Gasteiger charge is -2.15. The summed E-state index contributed by atoms with van der Waals surface area (Å²) in [4.78, 5) is 0. The molecule has 102 valence electrons. The van der Waals surface area contributed by atoms with Crippen LogP contribution in [0.3, 0.4) is 0 Å². The largest absolute Gasteiger partial charge is 0.322 e. The summed E-state index contributed by atoms with van der Waals surface area (Å²) in [6.45, 7) is 11.2. The third-order valence-corrected chi connectivity index (χ3v) is 4.07. The van der Waals surface area contributed by atoms with E-state index in [0.717, 1.165) is 12.2 Å². The second kappa shape index (κ2) is 5.17. The van der Waals surface area contributed by atoms with E-state index in [0.29, 0.717) is 0 Å². The van der Waals surface area contributed by atoms with E-state index < -0.39 is 0 Å². The first-order valence-corrected chi connectivity index (χ1v) is 6.73. The Morgan fingerprint density at radius 1 is 1.11 bits per heavy atom. The highest BCUT2D eigenvalue weighted by Crippen LogP contribution is 2.19. The Morgan fingerprint density at radius 3 is 2.32 bits per heavy atom. The molecule has 0 amide bonds. The van der Waals surface area contributed by atoms with Gasteiger partial charge < -0.3 is 5.73 Å². The first-order valence-electron chi connectivity index (χ1n) is 6.73. The summed E-state index contributed by atoms with van der Waals surface area (Å²) in [5, 5.41) is 4.55. The lowest BCUT2D eigenvalue weighted by atomic mass is 10.0. The van der Waals surface area contributed by atoms with Crippen LogP contribution in [0.4, 0.5) is 0 Å².